The van der Waals surface area contributed by atoms with Gasteiger partial charge in [0.1, 0.15) is 11.5 Å². The topological polar surface area (TPSA) is 42.1 Å². The molecule has 0 amide bonds. The molecule has 220 valence electrons. The summed E-state index contributed by atoms with van der Waals surface area (Å²) in [5.74, 6) is 0.962. The lowest BCUT2D eigenvalue weighted by molar-refractivity contribution is 0.948. The largest absolute Gasteiger partial charge is 0.355 e. The van der Waals surface area contributed by atoms with E-state index in [-0.39, 0.29) is 0 Å². The van der Waals surface area contributed by atoms with Crippen molar-refractivity contribution in [3.8, 4) is 28.2 Å². The Bertz CT molecular complexity index is 2540. The maximum Gasteiger partial charge on any atom is 0.145 e. The van der Waals surface area contributed by atoms with E-state index in [2.05, 4.69) is 142 Å². The molecule has 8 aromatic rings. The summed E-state index contributed by atoms with van der Waals surface area (Å²) in [6.45, 7) is 0.806. The van der Waals surface area contributed by atoms with Crippen LogP contribution in [0.3, 0.4) is 0 Å². The van der Waals surface area contributed by atoms with Crippen molar-refractivity contribution in [1.82, 2.24) is 19.1 Å². The molecule has 0 unspecified atom stereocenters. The number of imidazole rings is 1. The van der Waals surface area contributed by atoms with Gasteiger partial charge >= 0.3 is 0 Å². The van der Waals surface area contributed by atoms with Gasteiger partial charge in [0.25, 0.3) is 0 Å². The highest BCUT2D eigenvalue weighted by Crippen LogP contribution is 2.42. The third-order valence-electron chi connectivity index (χ3n) is 9.92. The van der Waals surface area contributed by atoms with Crippen LogP contribution in [0.1, 0.15) is 11.1 Å². The van der Waals surface area contributed by atoms with Gasteiger partial charge in [-0.1, -0.05) is 54.6 Å². The van der Waals surface area contributed by atoms with Crippen LogP contribution >= 0.6 is 0 Å². The number of anilines is 3. The third-order valence-corrected chi connectivity index (χ3v) is 9.92. The first-order valence-electron chi connectivity index (χ1n) is 15.8. The number of pyridine rings is 1. The van der Waals surface area contributed by atoms with Crippen LogP contribution in [0.2, 0.25) is 0 Å². The predicted molar refractivity (Wildman–Crippen MR) is 188 cm³/mol. The Morgan fingerprint density at radius 1 is 0.630 bits per heavy atom. The summed E-state index contributed by atoms with van der Waals surface area (Å²) in [5.41, 5.74) is 15.4. The quantitative estimate of drug-likeness (QED) is 0.205. The van der Waals surface area contributed by atoms with Gasteiger partial charge in [-0.2, -0.15) is 0 Å². The summed E-state index contributed by atoms with van der Waals surface area (Å²) in [6, 6.07) is 41.7. The third kappa shape index (κ3) is 3.52. The SMILES string of the molecule is CN1CN(c2cccc(-n3c4cc(-c5nc6cc7c(cc6n5C)Cc5ccccc5-7)ccc4c4cccnc43)c2)c2ccccc21. The molecular weight excluding hydrogens is 564 g/mol. The molecule has 46 heavy (non-hydrogen) atoms. The zero-order valence-corrected chi connectivity index (χ0v) is 25.6. The lowest BCUT2D eigenvalue weighted by Gasteiger charge is -2.20. The molecule has 0 saturated heterocycles. The second-order valence-electron chi connectivity index (χ2n) is 12.5. The van der Waals surface area contributed by atoms with Crippen LogP contribution in [0.5, 0.6) is 0 Å². The maximum absolute atomic E-state index is 5.22. The molecule has 0 radical (unpaired) electrons. The van der Waals surface area contributed by atoms with Crippen molar-refractivity contribution >= 4 is 50.0 Å². The van der Waals surface area contributed by atoms with Crippen molar-refractivity contribution in [1.29, 1.82) is 0 Å². The van der Waals surface area contributed by atoms with Gasteiger partial charge in [0.2, 0.25) is 0 Å². The monoisotopic (exact) mass is 594 g/mol. The second-order valence-corrected chi connectivity index (χ2v) is 12.5. The van der Waals surface area contributed by atoms with Gasteiger partial charge in [-0.25, -0.2) is 9.97 Å². The number of hydrogen-bond donors (Lipinski definition) is 0. The summed E-state index contributed by atoms with van der Waals surface area (Å²) in [5, 5.41) is 2.32. The van der Waals surface area contributed by atoms with Crippen LogP contribution in [-0.4, -0.2) is 32.8 Å². The number of aromatic nitrogens is 4. The number of fused-ring (bicyclic) bond motifs is 8. The highest BCUT2D eigenvalue weighted by atomic mass is 15.4. The Morgan fingerprint density at radius 3 is 2.41 bits per heavy atom. The summed E-state index contributed by atoms with van der Waals surface area (Å²) in [6.07, 6.45) is 2.86. The number of hydrogen-bond acceptors (Lipinski definition) is 4. The minimum absolute atomic E-state index is 0.806. The first kappa shape index (κ1) is 25.4. The second kappa shape index (κ2) is 9.31. The number of para-hydroxylation sites is 2. The van der Waals surface area contributed by atoms with E-state index in [1.165, 1.54) is 39.0 Å². The molecule has 5 aromatic carbocycles. The van der Waals surface area contributed by atoms with E-state index in [1.54, 1.807) is 0 Å². The average Bonchev–Trinajstić information content (AvgIpc) is 3.83. The zero-order valence-electron chi connectivity index (χ0n) is 25.6. The van der Waals surface area contributed by atoms with Crippen molar-refractivity contribution in [2.45, 2.75) is 6.42 Å². The summed E-state index contributed by atoms with van der Waals surface area (Å²) in [4.78, 5) is 14.8. The Morgan fingerprint density at radius 2 is 1.48 bits per heavy atom. The van der Waals surface area contributed by atoms with Crippen LogP contribution in [-0.2, 0) is 13.5 Å². The van der Waals surface area contributed by atoms with Gasteiger partial charge in [-0.05, 0) is 89.3 Å². The molecule has 0 spiro atoms. The average molecular weight is 595 g/mol. The smallest absolute Gasteiger partial charge is 0.145 e. The molecule has 1 aliphatic heterocycles. The van der Waals surface area contributed by atoms with Gasteiger partial charge < -0.3 is 14.4 Å². The summed E-state index contributed by atoms with van der Waals surface area (Å²) >= 11 is 0. The zero-order chi connectivity index (χ0) is 30.5. The van der Waals surface area contributed by atoms with Crippen molar-refractivity contribution in [2.75, 3.05) is 23.5 Å². The standard InChI is InChI=1S/C40H30N6/c1-43-24-45(36-15-6-5-14-35(36)43)28-10-7-11-29(22-28)46-37-20-26(16-17-31(37)32-13-8-18-41-40(32)46)39-42-34-23-33-27(21-38(34)44(39)2)19-25-9-3-4-12-30(25)33/h3-18,20-23H,19,24H2,1-2H3. The highest BCUT2D eigenvalue weighted by Gasteiger charge is 2.25. The van der Waals surface area contributed by atoms with Gasteiger partial charge in [0.15, 0.2) is 0 Å². The van der Waals surface area contributed by atoms with Crippen molar-refractivity contribution in [2.24, 2.45) is 7.05 Å². The van der Waals surface area contributed by atoms with E-state index in [0.717, 1.165) is 63.4 Å². The molecule has 10 rings (SSSR count). The molecule has 0 bridgehead atoms. The fourth-order valence-electron chi connectivity index (χ4n) is 7.72. The Hall–Kier alpha value is -5.88. The Labute approximate surface area is 266 Å². The van der Waals surface area contributed by atoms with Crippen molar-refractivity contribution in [3.05, 3.63) is 133 Å². The summed E-state index contributed by atoms with van der Waals surface area (Å²) < 4.78 is 4.55. The Balaban J connectivity index is 1.14. The fourth-order valence-corrected chi connectivity index (χ4v) is 7.72. The fraction of sp³-hybridized carbons (Fsp3) is 0.100. The highest BCUT2D eigenvalue weighted by molar-refractivity contribution is 6.09. The van der Waals surface area contributed by atoms with Crippen LogP contribution in [0, 0.1) is 0 Å². The van der Waals surface area contributed by atoms with Crippen molar-refractivity contribution in [3.63, 3.8) is 0 Å². The van der Waals surface area contributed by atoms with Crippen LogP contribution in [0.15, 0.2) is 121 Å². The lowest BCUT2D eigenvalue weighted by atomic mass is 10.1. The molecule has 2 aliphatic rings. The molecule has 0 atom stereocenters. The van der Waals surface area contributed by atoms with Gasteiger partial charge in [-0.3, -0.25) is 4.57 Å². The molecule has 6 nitrogen and oxygen atoms in total. The van der Waals surface area contributed by atoms with Crippen LogP contribution in [0.4, 0.5) is 17.1 Å². The minimum Gasteiger partial charge on any atom is -0.355 e. The number of nitrogens with zero attached hydrogens (tertiary/aromatic N) is 6. The molecule has 6 heteroatoms. The normalized spacial score (nSPS) is 13.6. The van der Waals surface area contributed by atoms with Crippen molar-refractivity contribution < 1.29 is 0 Å². The van der Waals surface area contributed by atoms with E-state index in [9.17, 15) is 0 Å². The minimum atomic E-state index is 0.806. The molecule has 1 aliphatic carbocycles. The van der Waals surface area contributed by atoms with Crippen LogP contribution in [0.25, 0.3) is 61.2 Å². The predicted octanol–water partition coefficient (Wildman–Crippen LogP) is 8.85. The first-order chi connectivity index (χ1) is 22.6. The molecule has 0 N–H and O–H groups in total. The molecule has 0 saturated carbocycles. The molecule has 0 fully saturated rings. The van der Waals surface area contributed by atoms with Gasteiger partial charge in [0, 0.05) is 48.0 Å². The number of aryl methyl sites for hydroxylation is 1. The molecular formula is C40H30N6. The van der Waals surface area contributed by atoms with E-state index in [0.29, 0.717) is 0 Å². The summed E-state index contributed by atoms with van der Waals surface area (Å²) in [7, 11) is 4.28. The van der Waals surface area contributed by atoms with Crippen LogP contribution < -0.4 is 9.80 Å². The van der Waals surface area contributed by atoms with E-state index in [4.69, 9.17) is 9.97 Å². The maximum atomic E-state index is 5.22. The molecule has 4 heterocycles. The van der Waals surface area contributed by atoms with Gasteiger partial charge in [-0.15, -0.1) is 0 Å². The number of rotatable bonds is 3. The number of benzene rings is 5. The van der Waals surface area contributed by atoms with E-state index < -0.39 is 0 Å². The van der Waals surface area contributed by atoms with E-state index in [1.807, 2.05) is 12.3 Å². The van der Waals surface area contributed by atoms with E-state index >= 15 is 0 Å². The first-order valence-corrected chi connectivity index (χ1v) is 15.8. The molecule has 3 aromatic heterocycles. The van der Waals surface area contributed by atoms with Gasteiger partial charge in [0.05, 0.1) is 34.6 Å². The lowest BCUT2D eigenvalue weighted by Crippen LogP contribution is -2.24. The Kier molecular flexibility index (Phi) is 5.15.